The molecular formula is C15H21F2NO. The van der Waals surface area contributed by atoms with Gasteiger partial charge in [-0.15, -0.1) is 0 Å². The first kappa shape index (κ1) is 14.4. The molecule has 1 aliphatic heterocycles. The van der Waals surface area contributed by atoms with E-state index in [9.17, 15) is 8.78 Å². The van der Waals surface area contributed by atoms with Gasteiger partial charge in [0.15, 0.2) is 0 Å². The number of ether oxygens (including phenoxy) is 1. The summed E-state index contributed by atoms with van der Waals surface area (Å²) in [6.07, 6.45) is 2.11. The second-order valence-corrected chi connectivity index (χ2v) is 5.32. The summed E-state index contributed by atoms with van der Waals surface area (Å²) in [6.45, 7) is 5.89. The third-order valence-electron chi connectivity index (χ3n) is 3.77. The molecule has 2 unspecified atom stereocenters. The van der Waals surface area contributed by atoms with Crippen molar-refractivity contribution in [2.75, 3.05) is 19.8 Å². The topological polar surface area (TPSA) is 21.3 Å². The van der Waals surface area contributed by atoms with Crippen molar-refractivity contribution >= 4 is 0 Å². The fourth-order valence-electron chi connectivity index (χ4n) is 2.42. The van der Waals surface area contributed by atoms with Crippen LogP contribution in [0.5, 0.6) is 0 Å². The number of nitrogens with one attached hydrogen (secondary N) is 1. The van der Waals surface area contributed by atoms with Crippen LogP contribution in [0.2, 0.25) is 0 Å². The lowest BCUT2D eigenvalue weighted by molar-refractivity contribution is 0.184. The first-order chi connectivity index (χ1) is 9.08. The van der Waals surface area contributed by atoms with Crippen molar-refractivity contribution in [1.29, 1.82) is 0 Å². The summed E-state index contributed by atoms with van der Waals surface area (Å²) >= 11 is 0. The Balaban J connectivity index is 1.88. The molecule has 0 aliphatic carbocycles. The number of hydrogen-bond donors (Lipinski definition) is 1. The normalized spacial score (nSPS) is 20.7. The quantitative estimate of drug-likeness (QED) is 0.885. The average Bonchev–Trinajstić information content (AvgIpc) is 2.86. The van der Waals surface area contributed by atoms with E-state index in [1.807, 2.05) is 6.92 Å². The Labute approximate surface area is 113 Å². The largest absolute Gasteiger partial charge is 0.381 e. The molecule has 1 heterocycles. The predicted octanol–water partition coefficient (Wildman–Crippen LogP) is 3.35. The molecule has 0 aromatic heterocycles. The van der Waals surface area contributed by atoms with Crippen LogP contribution in [0.1, 0.15) is 36.9 Å². The molecule has 2 rings (SSSR count). The fourth-order valence-corrected chi connectivity index (χ4v) is 2.42. The minimum atomic E-state index is -0.353. The summed E-state index contributed by atoms with van der Waals surface area (Å²) in [5.41, 5.74) is 0.738. The number of hydrogen-bond acceptors (Lipinski definition) is 2. The highest BCUT2D eigenvalue weighted by atomic mass is 19.1. The van der Waals surface area contributed by atoms with E-state index < -0.39 is 0 Å². The third-order valence-corrected chi connectivity index (χ3v) is 3.77. The van der Waals surface area contributed by atoms with Gasteiger partial charge in [-0.1, -0.05) is 0 Å². The van der Waals surface area contributed by atoms with Gasteiger partial charge in [-0.2, -0.15) is 0 Å². The third kappa shape index (κ3) is 3.74. The molecule has 1 aromatic carbocycles. The summed E-state index contributed by atoms with van der Waals surface area (Å²) in [5.74, 6) is -0.100. The van der Waals surface area contributed by atoms with Crippen molar-refractivity contribution in [3.05, 3.63) is 34.9 Å². The standard InChI is InChI=1S/C15H21F2NO/c1-10-7-15(17)13(8-14(10)16)11(2)18-5-3-12-4-6-19-9-12/h7-8,11-12,18H,3-6,9H2,1-2H3. The predicted molar refractivity (Wildman–Crippen MR) is 71.1 cm³/mol. The second-order valence-electron chi connectivity index (χ2n) is 5.32. The molecular weight excluding hydrogens is 248 g/mol. The maximum Gasteiger partial charge on any atom is 0.128 e. The molecule has 4 heteroatoms. The Hall–Kier alpha value is -1.00. The van der Waals surface area contributed by atoms with E-state index in [1.165, 1.54) is 12.1 Å². The summed E-state index contributed by atoms with van der Waals surface area (Å²) in [5, 5.41) is 3.25. The zero-order valence-electron chi connectivity index (χ0n) is 11.5. The fraction of sp³-hybridized carbons (Fsp3) is 0.600. The number of halogens is 2. The van der Waals surface area contributed by atoms with E-state index in [4.69, 9.17) is 4.74 Å². The Bertz CT molecular complexity index is 430. The zero-order valence-corrected chi connectivity index (χ0v) is 11.5. The number of aryl methyl sites for hydroxylation is 1. The highest BCUT2D eigenvalue weighted by Gasteiger charge is 2.17. The van der Waals surface area contributed by atoms with Gasteiger partial charge >= 0.3 is 0 Å². The van der Waals surface area contributed by atoms with Crippen LogP contribution in [0.25, 0.3) is 0 Å². The van der Waals surface area contributed by atoms with Gasteiger partial charge in [0.05, 0.1) is 0 Å². The maximum atomic E-state index is 13.8. The minimum Gasteiger partial charge on any atom is -0.381 e. The van der Waals surface area contributed by atoms with Crippen molar-refractivity contribution in [1.82, 2.24) is 5.32 Å². The van der Waals surface area contributed by atoms with E-state index >= 15 is 0 Å². The van der Waals surface area contributed by atoms with Crippen molar-refractivity contribution in [2.45, 2.75) is 32.7 Å². The lowest BCUT2D eigenvalue weighted by Gasteiger charge is -2.17. The lowest BCUT2D eigenvalue weighted by atomic mass is 10.0. The first-order valence-corrected chi connectivity index (χ1v) is 6.84. The Morgan fingerprint density at radius 3 is 2.84 bits per heavy atom. The molecule has 2 nitrogen and oxygen atoms in total. The zero-order chi connectivity index (χ0) is 13.8. The molecule has 1 saturated heterocycles. The van der Waals surface area contributed by atoms with Crippen molar-refractivity contribution in [3.8, 4) is 0 Å². The Kier molecular flexibility index (Phi) is 4.88. The van der Waals surface area contributed by atoms with Crippen LogP contribution in [0.4, 0.5) is 8.78 Å². The summed E-state index contributed by atoms with van der Waals surface area (Å²) < 4.78 is 32.6. The van der Waals surface area contributed by atoms with Crippen LogP contribution in [-0.4, -0.2) is 19.8 Å². The van der Waals surface area contributed by atoms with Crippen molar-refractivity contribution < 1.29 is 13.5 Å². The van der Waals surface area contributed by atoms with E-state index in [0.29, 0.717) is 17.0 Å². The van der Waals surface area contributed by atoms with E-state index in [2.05, 4.69) is 5.32 Å². The Morgan fingerprint density at radius 1 is 1.37 bits per heavy atom. The van der Waals surface area contributed by atoms with Gasteiger partial charge in [-0.3, -0.25) is 0 Å². The number of rotatable bonds is 5. The van der Waals surface area contributed by atoms with Gasteiger partial charge in [0.1, 0.15) is 11.6 Å². The highest BCUT2D eigenvalue weighted by Crippen LogP contribution is 2.21. The summed E-state index contributed by atoms with van der Waals surface area (Å²) in [7, 11) is 0. The molecule has 0 amide bonds. The molecule has 2 atom stereocenters. The molecule has 0 saturated carbocycles. The van der Waals surface area contributed by atoms with Crippen LogP contribution in [-0.2, 0) is 4.74 Å². The van der Waals surface area contributed by atoms with Crippen molar-refractivity contribution in [2.24, 2.45) is 5.92 Å². The van der Waals surface area contributed by atoms with Crippen LogP contribution >= 0.6 is 0 Å². The van der Waals surface area contributed by atoms with Gasteiger partial charge in [0.25, 0.3) is 0 Å². The number of benzene rings is 1. The first-order valence-electron chi connectivity index (χ1n) is 6.84. The second kappa shape index (κ2) is 6.44. The van der Waals surface area contributed by atoms with Crippen molar-refractivity contribution in [3.63, 3.8) is 0 Å². The van der Waals surface area contributed by atoms with Gasteiger partial charge in [-0.05, 0) is 56.8 Å². The SMILES string of the molecule is Cc1cc(F)c(C(C)NCCC2CCOC2)cc1F. The molecule has 1 aliphatic rings. The monoisotopic (exact) mass is 269 g/mol. The van der Waals surface area contributed by atoms with E-state index in [0.717, 1.165) is 32.6 Å². The maximum absolute atomic E-state index is 13.8. The van der Waals surface area contributed by atoms with Crippen LogP contribution in [0.3, 0.4) is 0 Å². The smallest absolute Gasteiger partial charge is 0.128 e. The van der Waals surface area contributed by atoms with Gasteiger partial charge in [-0.25, -0.2) is 8.78 Å². The molecule has 0 radical (unpaired) electrons. The molecule has 1 fully saturated rings. The highest BCUT2D eigenvalue weighted by molar-refractivity contribution is 5.27. The molecule has 0 spiro atoms. The molecule has 0 bridgehead atoms. The van der Waals surface area contributed by atoms with Gasteiger partial charge in [0, 0.05) is 24.8 Å². The van der Waals surface area contributed by atoms with Crippen LogP contribution in [0, 0.1) is 24.5 Å². The van der Waals surface area contributed by atoms with E-state index in [1.54, 1.807) is 6.92 Å². The lowest BCUT2D eigenvalue weighted by Crippen LogP contribution is -2.23. The molecule has 19 heavy (non-hydrogen) atoms. The minimum absolute atomic E-state index is 0.183. The molecule has 106 valence electrons. The molecule has 1 N–H and O–H groups in total. The van der Waals surface area contributed by atoms with Crippen LogP contribution < -0.4 is 5.32 Å². The summed E-state index contributed by atoms with van der Waals surface area (Å²) in [4.78, 5) is 0. The molecule has 1 aromatic rings. The Morgan fingerprint density at radius 2 is 2.16 bits per heavy atom. The average molecular weight is 269 g/mol. The van der Waals surface area contributed by atoms with E-state index in [-0.39, 0.29) is 17.7 Å². The summed E-state index contributed by atoms with van der Waals surface area (Å²) in [6, 6.07) is 2.37. The van der Waals surface area contributed by atoms with Gasteiger partial charge < -0.3 is 10.1 Å². The van der Waals surface area contributed by atoms with Crippen LogP contribution in [0.15, 0.2) is 12.1 Å². The van der Waals surface area contributed by atoms with Gasteiger partial charge in [0.2, 0.25) is 0 Å².